The van der Waals surface area contributed by atoms with E-state index in [9.17, 15) is 18.8 Å². The van der Waals surface area contributed by atoms with Gasteiger partial charge in [-0.15, -0.1) is 0 Å². The monoisotopic (exact) mass is 764 g/mol. The second kappa shape index (κ2) is 22.9. The molecule has 54 heavy (non-hydrogen) atoms. The molecule has 1 atom stereocenters. The van der Waals surface area contributed by atoms with Crippen LogP contribution < -0.4 is 32.3 Å². The average Bonchev–Trinajstić information content (AvgIpc) is 3.17. The molecule has 1 aliphatic heterocycles. The lowest BCUT2D eigenvalue weighted by Gasteiger charge is -2.23. The van der Waals surface area contributed by atoms with Gasteiger partial charge in [-0.2, -0.15) is 5.10 Å². The molecule has 0 fully saturated rings. The van der Waals surface area contributed by atoms with Crippen LogP contribution in [0.4, 0.5) is 10.1 Å². The first-order chi connectivity index (χ1) is 26.0. The Morgan fingerprint density at radius 1 is 1.11 bits per heavy atom. The number of allylic oxidation sites excluding steroid dienone is 3. The number of hydrogen-bond acceptors (Lipinski definition) is 9. The van der Waals surface area contributed by atoms with Gasteiger partial charge in [-0.05, 0) is 67.0 Å². The zero-order chi connectivity index (χ0) is 39.5. The molecule has 0 aromatic heterocycles. The molecule has 0 saturated carbocycles. The number of hydrazone groups is 1. The fourth-order valence-electron chi connectivity index (χ4n) is 5.49. The van der Waals surface area contributed by atoms with Gasteiger partial charge in [0.05, 0.1) is 43.4 Å². The summed E-state index contributed by atoms with van der Waals surface area (Å²) in [4.78, 5) is 39.5. The van der Waals surface area contributed by atoms with E-state index in [1.165, 1.54) is 22.7 Å². The molecule has 3 amide bonds. The van der Waals surface area contributed by atoms with Gasteiger partial charge in [0.25, 0.3) is 17.7 Å². The molecular weight excluding hydrogens is 711 g/mol. The predicted octanol–water partition coefficient (Wildman–Crippen LogP) is 5.82. The number of nitrogens with zero attached hydrogens (tertiary/aromatic N) is 2. The van der Waals surface area contributed by atoms with Gasteiger partial charge in [0, 0.05) is 37.1 Å². The first-order valence-corrected chi connectivity index (χ1v) is 18.5. The number of ether oxygens (including phenoxy) is 1. The highest BCUT2D eigenvalue weighted by atomic mass is 35.5. The first-order valence-electron chi connectivity index (χ1n) is 18.2. The molecule has 0 saturated heterocycles. The smallest absolute Gasteiger partial charge is 0.292 e. The number of nitrogens with two attached hydrogens (primary N) is 1. The summed E-state index contributed by atoms with van der Waals surface area (Å²) in [7, 11) is 0. The van der Waals surface area contributed by atoms with E-state index >= 15 is 0 Å². The minimum absolute atomic E-state index is 0.0296. The lowest BCUT2D eigenvalue weighted by Crippen LogP contribution is -2.38. The molecule has 12 nitrogen and oxygen atoms in total. The Bertz CT molecular complexity index is 1710. The Balaban J connectivity index is 1.67. The highest BCUT2D eigenvalue weighted by molar-refractivity contribution is 6.31. The topological polar surface area (TPSA) is 162 Å². The highest BCUT2D eigenvalue weighted by Crippen LogP contribution is 2.30. The molecule has 14 heteroatoms. The number of alkyl halides is 1. The van der Waals surface area contributed by atoms with E-state index in [4.69, 9.17) is 22.1 Å². The molecule has 0 bridgehead atoms. The van der Waals surface area contributed by atoms with Crippen LogP contribution in [0.2, 0.25) is 5.02 Å². The van der Waals surface area contributed by atoms with Crippen molar-refractivity contribution >= 4 is 41.7 Å². The van der Waals surface area contributed by atoms with Crippen molar-refractivity contribution in [2.75, 3.05) is 44.8 Å². The number of carbonyl (C=O) groups excluding carboxylic acids is 3. The minimum atomic E-state index is -1.16. The van der Waals surface area contributed by atoms with Crippen molar-refractivity contribution in [3.63, 3.8) is 0 Å². The molecule has 7 N–H and O–H groups in total. The maximum atomic E-state index is 14.7. The van der Waals surface area contributed by atoms with Gasteiger partial charge in [-0.25, -0.2) is 9.40 Å². The van der Waals surface area contributed by atoms with Crippen molar-refractivity contribution in [2.24, 2.45) is 16.8 Å². The highest BCUT2D eigenvalue weighted by Gasteiger charge is 2.23. The van der Waals surface area contributed by atoms with E-state index in [0.29, 0.717) is 97.6 Å². The SMILES string of the molecule is C=C/C=C(\N)C(=O)Nc1ccccc1C(=O)NCCCCN/C(C(=O)N(Cc1ccc(C(F)C(C)C)cc1Cl)N=C)=C(\CC)NCNCC1=CCOCC1. The van der Waals surface area contributed by atoms with Gasteiger partial charge < -0.3 is 31.7 Å². The Labute approximate surface area is 323 Å². The summed E-state index contributed by atoms with van der Waals surface area (Å²) in [5.74, 6) is -1.52. The number of halogens is 2. The Kier molecular flexibility index (Phi) is 18.5. The van der Waals surface area contributed by atoms with Crippen LogP contribution in [-0.4, -0.2) is 69.0 Å². The number of para-hydroxylation sites is 1. The standard InChI is InChI=1S/C40H54ClFN8O4/c1-6-12-33(43)39(52)49-35-14-9-8-13-31(35)38(51)47-20-11-10-19-46-37(34(7-2)48-26-45-24-28-17-21-54-22-18-28)40(53)50(44-5)25-30-16-15-29(23-32(30)41)36(42)27(3)4/h6,8-9,12-17,23,27,36,45-46,48H,1,5,7,10-11,18-22,24-26,43H2,2-4H3,(H,47,51)(H,49,52)/b33-12-,37-34+. The molecule has 292 valence electrons. The first kappa shape index (κ1) is 43.4. The van der Waals surface area contributed by atoms with Crippen LogP contribution in [-0.2, 0) is 20.9 Å². The zero-order valence-corrected chi connectivity index (χ0v) is 32.2. The third-order valence-corrected chi connectivity index (χ3v) is 8.93. The van der Waals surface area contributed by atoms with Crippen LogP contribution in [0.15, 0.2) is 95.0 Å². The maximum Gasteiger partial charge on any atom is 0.292 e. The summed E-state index contributed by atoms with van der Waals surface area (Å²) in [5, 5.41) is 21.2. The molecule has 3 rings (SSSR count). The fourth-order valence-corrected chi connectivity index (χ4v) is 5.74. The lowest BCUT2D eigenvalue weighted by molar-refractivity contribution is -0.128. The van der Waals surface area contributed by atoms with Gasteiger partial charge in [-0.1, -0.05) is 80.9 Å². The van der Waals surface area contributed by atoms with Crippen LogP contribution in [0, 0.1) is 5.92 Å². The van der Waals surface area contributed by atoms with Crippen molar-refractivity contribution < 1.29 is 23.5 Å². The van der Waals surface area contributed by atoms with E-state index < -0.39 is 18.0 Å². The normalized spacial score (nSPS) is 14.0. The summed E-state index contributed by atoms with van der Waals surface area (Å²) < 4.78 is 20.1. The van der Waals surface area contributed by atoms with Crippen LogP contribution in [0.1, 0.15) is 74.1 Å². The number of anilines is 1. The van der Waals surface area contributed by atoms with Crippen LogP contribution in [0.3, 0.4) is 0 Å². The van der Waals surface area contributed by atoms with Gasteiger partial charge in [0.2, 0.25) is 0 Å². The Hall–Kier alpha value is -4.98. The van der Waals surface area contributed by atoms with E-state index in [2.05, 4.69) is 51.1 Å². The van der Waals surface area contributed by atoms with E-state index in [-0.39, 0.29) is 24.1 Å². The molecule has 1 heterocycles. The van der Waals surface area contributed by atoms with Crippen LogP contribution in [0.5, 0.6) is 0 Å². The summed E-state index contributed by atoms with van der Waals surface area (Å²) in [6, 6.07) is 11.6. The third kappa shape index (κ3) is 13.5. The summed E-state index contributed by atoms with van der Waals surface area (Å²) in [6.45, 7) is 15.9. The van der Waals surface area contributed by atoms with Gasteiger partial charge >= 0.3 is 0 Å². The van der Waals surface area contributed by atoms with E-state index in [1.807, 2.05) is 6.92 Å². The van der Waals surface area contributed by atoms with Crippen molar-refractivity contribution in [3.8, 4) is 0 Å². The number of rotatable bonds is 22. The maximum absolute atomic E-state index is 14.7. The quantitative estimate of drug-likeness (QED) is 0.0166. The number of hydrogen-bond donors (Lipinski definition) is 6. The number of benzene rings is 2. The molecule has 2 aromatic carbocycles. The molecule has 1 unspecified atom stereocenters. The fraction of sp³-hybridized carbons (Fsp3) is 0.400. The average molecular weight is 765 g/mol. The predicted molar refractivity (Wildman–Crippen MR) is 214 cm³/mol. The zero-order valence-electron chi connectivity index (χ0n) is 31.5. The summed E-state index contributed by atoms with van der Waals surface area (Å²) >= 11 is 6.56. The number of unbranched alkanes of at least 4 members (excludes halogenated alkanes) is 1. The molecule has 2 aromatic rings. The van der Waals surface area contributed by atoms with Crippen molar-refractivity contribution in [1.82, 2.24) is 26.3 Å². The molecule has 0 spiro atoms. The van der Waals surface area contributed by atoms with Gasteiger partial charge in [0.1, 0.15) is 11.9 Å². The lowest BCUT2D eigenvalue weighted by atomic mass is 9.99. The second-order valence-electron chi connectivity index (χ2n) is 12.9. The molecule has 0 aliphatic carbocycles. The largest absolute Gasteiger partial charge is 0.394 e. The summed E-state index contributed by atoms with van der Waals surface area (Å²) in [6.07, 6.45) is 6.27. The number of amides is 3. The van der Waals surface area contributed by atoms with E-state index in [0.717, 1.165) is 6.42 Å². The minimum Gasteiger partial charge on any atom is -0.394 e. The van der Waals surface area contributed by atoms with Crippen molar-refractivity contribution in [2.45, 2.75) is 59.2 Å². The third-order valence-electron chi connectivity index (χ3n) is 8.58. The second-order valence-corrected chi connectivity index (χ2v) is 13.3. The van der Waals surface area contributed by atoms with Crippen LogP contribution in [0.25, 0.3) is 0 Å². The summed E-state index contributed by atoms with van der Waals surface area (Å²) in [5.41, 5.74) is 9.68. The van der Waals surface area contributed by atoms with E-state index in [1.54, 1.807) is 56.3 Å². The van der Waals surface area contributed by atoms with Crippen LogP contribution >= 0.6 is 11.6 Å². The number of carbonyl (C=O) groups is 3. The Morgan fingerprint density at radius 3 is 2.50 bits per heavy atom. The molecule has 0 radical (unpaired) electrons. The Morgan fingerprint density at radius 2 is 1.85 bits per heavy atom. The van der Waals surface area contributed by atoms with Crippen molar-refractivity contribution in [3.05, 3.63) is 112 Å². The molecular formula is C40H54ClFN8O4. The number of nitrogens with one attached hydrogen (secondary N) is 5. The molecule has 1 aliphatic rings. The van der Waals surface area contributed by atoms with Gasteiger partial charge in [0.15, 0.2) is 0 Å². The van der Waals surface area contributed by atoms with Gasteiger partial charge in [-0.3, -0.25) is 19.7 Å². The van der Waals surface area contributed by atoms with Crippen molar-refractivity contribution in [1.29, 1.82) is 0 Å².